The van der Waals surface area contributed by atoms with Crippen LogP contribution in [-0.4, -0.2) is 34.6 Å². The van der Waals surface area contributed by atoms with E-state index < -0.39 is 23.8 Å². The lowest BCUT2D eigenvalue weighted by Crippen LogP contribution is -2.49. The molecule has 1 aromatic rings. The highest BCUT2D eigenvalue weighted by molar-refractivity contribution is 9.10. The highest BCUT2D eigenvalue weighted by Gasteiger charge is 2.43. The van der Waals surface area contributed by atoms with Crippen LogP contribution in [0.25, 0.3) is 0 Å². The minimum atomic E-state index is -0.928. The molecule has 1 aromatic carbocycles. The van der Waals surface area contributed by atoms with E-state index >= 15 is 0 Å². The number of imide groups is 2. The van der Waals surface area contributed by atoms with Crippen LogP contribution in [0.3, 0.4) is 0 Å². The number of halogens is 1. The van der Waals surface area contributed by atoms with Gasteiger partial charge in [-0.15, -0.1) is 0 Å². The van der Waals surface area contributed by atoms with Gasteiger partial charge in [0.1, 0.15) is 6.04 Å². The molecule has 0 aliphatic carbocycles. The first-order valence-electron chi connectivity index (χ1n) is 6.50. The summed E-state index contributed by atoms with van der Waals surface area (Å²) < 4.78 is 0.685. The summed E-state index contributed by atoms with van der Waals surface area (Å²) in [5, 5.41) is 2.21. The average molecular weight is 351 g/mol. The molecule has 1 saturated heterocycles. The van der Waals surface area contributed by atoms with Gasteiger partial charge in [-0.05, 0) is 31.0 Å². The highest BCUT2D eigenvalue weighted by Crippen LogP contribution is 2.29. The molecule has 2 heterocycles. The summed E-state index contributed by atoms with van der Waals surface area (Å²) >= 11 is 3.25. The molecule has 108 valence electrons. The Morgan fingerprint density at radius 3 is 2.57 bits per heavy atom. The van der Waals surface area contributed by atoms with Crippen LogP contribution in [-0.2, 0) is 9.59 Å². The lowest BCUT2D eigenvalue weighted by Gasteiger charge is -2.22. The molecular weight excluding hydrogens is 340 g/mol. The van der Waals surface area contributed by atoms with E-state index in [2.05, 4.69) is 21.2 Å². The third-order valence-corrected chi connectivity index (χ3v) is 4.13. The molecule has 0 bridgehead atoms. The fourth-order valence-electron chi connectivity index (χ4n) is 2.63. The first-order valence-corrected chi connectivity index (χ1v) is 7.29. The quantitative estimate of drug-likeness (QED) is 0.772. The van der Waals surface area contributed by atoms with Crippen LogP contribution in [0.5, 0.6) is 0 Å². The molecule has 0 saturated carbocycles. The summed E-state index contributed by atoms with van der Waals surface area (Å²) in [7, 11) is 0. The number of benzene rings is 1. The van der Waals surface area contributed by atoms with E-state index in [9.17, 15) is 19.2 Å². The smallest absolute Gasteiger partial charge is 0.262 e. The zero-order chi connectivity index (χ0) is 15.1. The Labute approximate surface area is 128 Å². The van der Waals surface area contributed by atoms with Crippen molar-refractivity contribution >= 4 is 39.6 Å². The summed E-state index contributed by atoms with van der Waals surface area (Å²) in [4.78, 5) is 49.1. The van der Waals surface area contributed by atoms with Crippen molar-refractivity contribution < 1.29 is 19.2 Å². The zero-order valence-electron chi connectivity index (χ0n) is 10.9. The molecule has 0 radical (unpaired) electrons. The van der Waals surface area contributed by atoms with E-state index in [0.29, 0.717) is 17.3 Å². The Morgan fingerprint density at radius 2 is 1.81 bits per heavy atom. The monoisotopic (exact) mass is 350 g/mol. The lowest BCUT2D eigenvalue weighted by atomic mass is 10.1. The Hall–Kier alpha value is -2.02. The van der Waals surface area contributed by atoms with E-state index in [1.165, 1.54) is 0 Å². The number of fused-ring (bicyclic) bond motifs is 1. The molecule has 3 rings (SSSR count). The summed E-state index contributed by atoms with van der Waals surface area (Å²) in [6, 6.07) is 3.86. The van der Waals surface area contributed by atoms with Crippen LogP contribution in [0.4, 0.5) is 0 Å². The maximum absolute atomic E-state index is 12.4. The largest absolute Gasteiger partial charge is 0.295 e. The van der Waals surface area contributed by atoms with Crippen molar-refractivity contribution in [2.45, 2.75) is 25.3 Å². The fourth-order valence-corrected chi connectivity index (χ4v) is 2.99. The van der Waals surface area contributed by atoms with Crippen LogP contribution < -0.4 is 5.32 Å². The predicted octanol–water partition coefficient (Wildman–Crippen LogP) is 1.24. The summed E-state index contributed by atoms with van der Waals surface area (Å²) in [6.07, 6.45) is 0.973. The number of carbonyl (C=O) groups excluding carboxylic acids is 4. The van der Waals surface area contributed by atoms with Crippen LogP contribution in [0.2, 0.25) is 0 Å². The van der Waals surface area contributed by atoms with Crippen molar-refractivity contribution in [3.8, 4) is 0 Å². The molecule has 1 fully saturated rings. The van der Waals surface area contributed by atoms with Gasteiger partial charge in [-0.25, -0.2) is 0 Å². The maximum atomic E-state index is 12.4. The molecule has 6 nitrogen and oxygen atoms in total. The lowest BCUT2D eigenvalue weighted by molar-refractivity contribution is -0.131. The van der Waals surface area contributed by atoms with Gasteiger partial charge in [-0.1, -0.05) is 15.9 Å². The number of hydrogen-bond donors (Lipinski definition) is 1. The molecule has 2 aliphatic rings. The molecule has 0 aromatic heterocycles. The molecule has 1 atom stereocenters. The van der Waals surface area contributed by atoms with Gasteiger partial charge in [-0.3, -0.25) is 29.4 Å². The van der Waals surface area contributed by atoms with Gasteiger partial charge in [0.15, 0.2) is 0 Å². The number of nitrogens with one attached hydrogen (secondary N) is 1. The van der Waals surface area contributed by atoms with Gasteiger partial charge in [0, 0.05) is 10.9 Å². The summed E-state index contributed by atoms with van der Waals surface area (Å²) in [5.41, 5.74) is 0.560. The Balaban J connectivity index is 1.97. The van der Waals surface area contributed by atoms with Gasteiger partial charge in [0.25, 0.3) is 11.8 Å². The minimum absolute atomic E-state index is 0.219. The van der Waals surface area contributed by atoms with Crippen molar-refractivity contribution in [3.05, 3.63) is 33.8 Å². The van der Waals surface area contributed by atoms with Gasteiger partial charge in [0.2, 0.25) is 11.8 Å². The second-order valence-electron chi connectivity index (χ2n) is 4.99. The molecule has 2 aliphatic heterocycles. The standard InChI is InChI=1S/C14H11BrN2O4/c15-7-4-5-8-9(6-7)14(21)17(13(8)20)10-2-1-3-11(18)16-12(10)19/h4-6,10H,1-3H2,(H,16,18,19). The molecule has 1 unspecified atom stereocenters. The fraction of sp³-hybridized carbons (Fsp3) is 0.286. The number of nitrogens with zero attached hydrogens (tertiary/aromatic N) is 1. The van der Waals surface area contributed by atoms with E-state index in [4.69, 9.17) is 0 Å². The molecule has 1 N–H and O–H groups in total. The SMILES string of the molecule is O=C1CCCC(N2C(=O)c3ccc(Br)cc3C2=O)C(=O)N1. The van der Waals surface area contributed by atoms with Crippen molar-refractivity contribution in [2.24, 2.45) is 0 Å². The van der Waals surface area contributed by atoms with Gasteiger partial charge in [-0.2, -0.15) is 0 Å². The zero-order valence-corrected chi connectivity index (χ0v) is 12.5. The van der Waals surface area contributed by atoms with Crippen molar-refractivity contribution in [1.29, 1.82) is 0 Å². The van der Waals surface area contributed by atoms with E-state index in [1.807, 2.05) is 0 Å². The first kappa shape index (κ1) is 13.9. The second kappa shape index (κ2) is 5.07. The van der Waals surface area contributed by atoms with Gasteiger partial charge >= 0.3 is 0 Å². The molecule has 7 heteroatoms. The van der Waals surface area contributed by atoms with Crippen molar-refractivity contribution in [3.63, 3.8) is 0 Å². The van der Waals surface area contributed by atoms with Crippen LogP contribution in [0.1, 0.15) is 40.0 Å². The van der Waals surface area contributed by atoms with E-state index in [1.54, 1.807) is 18.2 Å². The van der Waals surface area contributed by atoms with E-state index in [-0.39, 0.29) is 23.5 Å². The number of hydrogen-bond acceptors (Lipinski definition) is 4. The first-order chi connectivity index (χ1) is 9.99. The minimum Gasteiger partial charge on any atom is -0.295 e. The highest BCUT2D eigenvalue weighted by atomic mass is 79.9. The Kier molecular flexibility index (Phi) is 3.36. The maximum Gasteiger partial charge on any atom is 0.262 e. The Morgan fingerprint density at radius 1 is 1.10 bits per heavy atom. The second-order valence-corrected chi connectivity index (χ2v) is 5.91. The summed E-state index contributed by atoms with van der Waals surface area (Å²) in [5.74, 6) is -1.95. The van der Waals surface area contributed by atoms with Crippen LogP contribution in [0, 0.1) is 0 Å². The topological polar surface area (TPSA) is 83.6 Å². The van der Waals surface area contributed by atoms with Crippen LogP contribution in [0.15, 0.2) is 22.7 Å². The summed E-state index contributed by atoms with van der Waals surface area (Å²) in [6.45, 7) is 0. The van der Waals surface area contributed by atoms with Crippen molar-refractivity contribution in [2.75, 3.05) is 0 Å². The van der Waals surface area contributed by atoms with E-state index in [0.717, 1.165) is 4.90 Å². The predicted molar refractivity (Wildman–Crippen MR) is 75.4 cm³/mol. The molecule has 4 amide bonds. The Bertz CT molecular complexity index is 686. The molecule has 21 heavy (non-hydrogen) atoms. The number of amides is 4. The van der Waals surface area contributed by atoms with Crippen LogP contribution >= 0.6 is 15.9 Å². The third kappa shape index (κ3) is 2.27. The number of carbonyl (C=O) groups is 4. The normalized spacial score (nSPS) is 22.1. The number of rotatable bonds is 1. The van der Waals surface area contributed by atoms with Gasteiger partial charge in [0.05, 0.1) is 11.1 Å². The molecule has 0 spiro atoms. The van der Waals surface area contributed by atoms with Crippen molar-refractivity contribution in [1.82, 2.24) is 10.2 Å². The molecular formula is C14H11BrN2O4. The third-order valence-electron chi connectivity index (χ3n) is 3.64. The average Bonchev–Trinajstić information content (AvgIpc) is 2.57. The van der Waals surface area contributed by atoms with Gasteiger partial charge < -0.3 is 0 Å².